The molecular weight excluding hydrogens is 364 g/mol. The van der Waals surface area contributed by atoms with Crippen LogP contribution in [0.3, 0.4) is 0 Å². The fourth-order valence-corrected chi connectivity index (χ4v) is 2.98. The fraction of sp³-hybridized carbons (Fsp3) is 0.591. The number of rotatable bonds is 12. The number of hydrogen-bond donors (Lipinski definition) is 2. The van der Waals surface area contributed by atoms with Crippen LogP contribution in [0.5, 0.6) is 5.75 Å². The van der Waals surface area contributed by atoms with Crippen LogP contribution in [0.2, 0.25) is 0 Å². The lowest BCUT2D eigenvalue weighted by Crippen LogP contribution is -2.37. The number of benzene rings is 1. The third-order valence-corrected chi connectivity index (χ3v) is 4.68. The van der Waals surface area contributed by atoms with Crippen LogP contribution in [0, 0.1) is 12.8 Å². The number of aryl methyl sites for hydroxylation is 2. The molecule has 0 aliphatic rings. The molecule has 7 heteroatoms. The van der Waals surface area contributed by atoms with Crippen LogP contribution in [0.1, 0.15) is 50.7 Å². The molecule has 0 saturated carbocycles. The first-order valence-electron chi connectivity index (χ1n) is 10.6. The maximum atomic E-state index is 6.07. The zero-order valence-corrected chi connectivity index (χ0v) is 18.3. The van der Waals surface area contributed by atoms with E-state index in [9.17, 15) is 0 Å². The minimum atomic E-state index is 0.681. The van der Waals surface area contributed by atoms with Gasteiger partial charge in [-0.3, -0.25) is 4.99 Å². The molecular formula is C22H36N6O. The predicted octanol–water partition coefficient (Wildman–Crippen LogP) is 3.55. The van der Waals surface area contributed by atoms with Crippen LogP contribution in [-0.2, 0) is 13.1 Å². The van der Waals surface area contributed by atoms with Crippen LogP contribution in [-0.4, -0.2) is 40.9 Å². The van der Waals surface area contributed by atoms with Crippen LogP contribution in [0.4, 0.5) is 0 Å². The van der Waals surface area contributed by atoms with Gasteiger partial charge in [0.05, 0.1) is 6.61 Å². The van der Waals surface area contributed by atoms with Crippen LogP contribution in [0.25, 0.3) is 0 Å². The van der Waals surface area contributed by atoms with Gasteiger partial charge >= 0.3 is 0 Å². The quantitative estimate of drug-likeness (QED) is 0.324. The molecule has 0 spiro atoms. The summed E-state index contributed by atoms with van der Waals surface area (Å²) < 4.78 is 8.06. The standard InChI is InChI=1S/C22H36N6O/c1-18(2)8-7-13-29-21-14-19(3)9-10-20(21)15-25-22(23-4)24-11-5-6-12-28-16-26-27-17-28/h9-10,14,16-18H,5-8,11-13,15H2,1-4H3,(H2,23,24,25). The van der Waals surface area contributed by atoms with Gasteiger partial charge in [-0.1, -0.05) is 26.0 Å². The molecule has 0 atom stereocenters. The lowest BCUT2D eigenvalue weighted by molar-refractivity contribution is 0.294. The molecule has 0 fully saturated rings. The molecule has 0 amide bonds. The third kappa shape index (κ3) is 8.98. The summed E-state index contributed by atoms with van der Waals surface area (Å²) in [5.41, 5.74) is 2.36. The molecule has 7 nitrogen and oxygen atoms in total. The summed E-state index contributed by atoms with van der Waals surface area (Å²) in [4.78, 5) is 4.32. The van der Waals surface area contributed by atoms with Gasteiger partial charge in [-0.15, -0.1) is 10.2 Å². The van der Waals surface area contributed by atoms with E-state index in [1.807, 2.05) is 4.57 Å². The third-order valence-electron chi connectivity index (χ3n) is 4.68. The van der Waals surface area contributed by atoms with Gasteiger partial charge in [-0.05, 0) is 50.2 Å². The highest BCUT2D eigenvalue weighted by Gasteiger charge is 2.06. The average molecular weight is 401 g/mol. The Morgan fingerprint density at radius 3 is 2.66 bits per heavy atom. The van der Waals surface area contributed by atoms with Gasteiger partial charge in [0, 0.05) is 32.2 Å². The zero-order chi connectivity index (χ0) is 20.9. The van der Waals surface area contributed by atoms with Crippen molar-refractivity contribution in [1.82, 2.24) is 25.4 Å². The lowest BCUT2D eigenvalue weighted by Gasteiger charge is -2.16. The molecule has 2 aromatic rings. The van der Waals surface area contributed by atoms with E-state index in [1.165, 1.54) is 12.0 Å². The molecule has 1 aromatic carbocycles. The van der Waals surface area contributed by atoms with Crippen molar-refractivity contribution in [3.8, 4) is 5.75 Å². The number of unbranched alkanes of at least 4 members (excludes halogenated alkanes) is 1. The molecule has 0 aliphatic heterocycles. The van der Waals surface area contributed by atoms with Gasteiger partial charge in [0.1, 0.15) is 18.4 Å². The SMILES string of the molecule is CN=C(NCCCCn1cnnc1)NCc1ccc(C)cc1OCCCC(C)C. The normalized spacial score (nSPS) is 11.7. The summed E-state index contributed by atoms with van der Waals surface area (Å²) >= 11 is 0. The maximum Gasteiger partial charge on any atom is 0.191 e. The summed E-state index contributed by atoms with van der Waals surface area (Å²) in [6.07, 6.45) is 7.88. The number of nitrogens with one attached hydrogen (secondary N) is 2. The smallest absolute Gasteiger partial charge is 0.191 e. The molecule has 0 unspecified atom stereocenters. The lowest BCUT2D eigenvalue weighted by atomic mass is 10.1. The Hall–Kier alpha value is -2.57. The number of guanidine groups is 1. The molecule has 0 bridgehead atoms. The van der Waals surface area contributed by atoms with Crippen molar-refractivity contribution in [2.24, 2.45) is 10.9 Å². The summed E-state index contributed by atoms with van der Waals surface area (Å²) in [6, 6.07) is 6.37. The van der Waals surface area contributed by atoms with Crippen molar-refractivity contribution in [2.75, 3.05) is 20.2 Å². The number of hydrogen-bond acceptors (Lipinski definition) is 4. The zero-order valence-electron chi connectivity index (χ0n) is 18.3. The highest BCUT2D eigenvalue weighted by atomic mass is 16.5. The molecule has 0 radical (unpaired) electrons. The van der Waals surface area contributed by atoms with Crippen LogP contribution >= 0.6 is 0 Å². The number of nitrogens with zero attached hydrogens (tertiary/aromatic N) is 4. The van der Waals surface area contributed by atoms with Crippen molar-refractivity contribution in [2.45, 2.75) is 59.5 Å². The second kappa shape index (κ2) is 12.8. The van der Waals surface area contributed by atoms with Gasteiger partial charge in [0.25, 0.3) is 0 Å². The molecule has 0 aliphatic carbocycles. The first-order chi connectivity index (χ1) is 14.1. The molecule has 29 heavy (non-hydrogen) atoms. The van der Waals surface area contributed by atoms with Gasteiger partial charge in [0.2, 0.25) is 0 Å². The van der Waals surface area contributed by atoms with E-state index in [0.29, 0.717) is 12.5 Å². The van der Waals surface area contributed by atoms with E-state index in [2.05, 4.69) is 64.8 Å². The van der Waals surface area contributed by atoms with E-state index in [1.54, 1.807) is 19.7 Å². The second-order valence-electron chi connectivity index (χ2n) is 7.76. The van der Waals surface area contributed by atoms with Crippen molar-refractivity contribution in [1.29, 1.82) is 0 Å². The number of aromatic nitrogens is 3. The predicted molar refractivity (Wildman–Crippen MR) is 118 cm³/mol. The largest absolute Gasteiger partial charge is 0.493 e. The molecule has 0 saturated heterocycles. The summed E-state index contributed by atoms with van der Waals surface area (Å²) in [5, 5.41) is 14.4. The minimum absolute atomic E-state index is 0.681. The second-order valence-corrected chi connectivity index (χ2v) is 7.76. The van der Waals surface area contributed by atoms with Crippen LogP contribution in [0.15, 0.2) is 35.8 Å². The highest BCUT2D eigenvalue weighted by Crippen LogP contribution is 2.21. The Labute approximate surface area is 175 Å². The van der Waals surface area contributed by atoms with E-state index in [0.717, 1.165) is 56.2 Å². The Kier molecular flexibility index (Phi) is 10.0. The Bertz CT molecular complexity index is 727. The van der Waals surface area contributed by atoms with E-state index in [-0.39, 0.29) is 0 Å². The molecule has 2 rings (SSSR count). The van der Waals surface area contributed by atoms with Crippen molar-refractivity contribution >= 4 is 5.96 Å². The van der Waals surface area contributed by atoms with Gasteiger partial charge in [-0.2, -0.15) is 0 Å². The molecule has 1 heterocycles. The van der Waals surface area contributed by atoms with Crippen LogP contribution < -0.4 is 15.4 Å². The van der Waals surface area contributed by atoms with Crippen molar-refractivity contribution < 1.29 is 4.74 Å². The first-order valence-corrected chi connectivity index (χ1v) is 10.6. The first kappa shape index (κ1) is 22.7. The Balaban J connectivity index is 1.74. The number of ether oxygens (including phenoxy) is 1. The monoisotopic (exact) mass is 400 g/mol. The average Bonchev–Trinajstić information content (AvgIpc) is 3.22. The molecule has 1 aromatic heterocycles. The maximum absolute atomic E-state index is 6.07. The van der Waals surface area contributed by atoms with Gasteiger partial charge < -0.3 is 19.9 Å². The Morgan fingerprint density at radius 1 is 1.14 bits per heavy atom. The van der Waals surface area contributed by atoms with Crippen molar-refractivity contribution in [3.63, 3.8) is 0 Å². The minimum Gasteiger partial charge on any atom is -0.493 e. The highest BCUT2D eigenvalue weighted by molar-refractivity contribution is 5.79. The van der Waals surface area contributed by atoms with E-state index < -0.39 is 0 Å². The van der Waals surface area contributed by atoms with Gasteiger partial charge in [0.15, 0.2) is 5.96 Å². The van der Waals surface area contributed by atoms with E-state index >= 15 is 0 Å². The van der Waals surface area contributed by atoms with Gasteiger partial charge in [-0.25, -0.2) is 0 Å². The summed E-state index contributed by atoms with van der Waals surface area (Å²) in [5.74, 6) is 2.48. The topological polar surface area (TPSA) is 76.4 Å². The Morgan fingerprint density at radius 2 is 1.93 bits per heavy atom. The summed E-state index contributed by atoms with van der Waals surface area (Å²) in [6.45, 7) is 9.83. The molecule has 2 N–H and O–H groups in total. The summed E-state index contributed by atoms with van der Waals surface area (Å²) in [7, 11) is 1.80. The number of aliphatic imine (C=N–C) groups is 1. The fourth-order valence-electron chi connectivity index (χ4n) is 2.98. The van der Waals surface area contributed by atoms with Crippen molar-refractivity contribution in [3.05, 3.63) is 42.0 Å². The van der Waals surface area contributed by atoms with E-state index in [4.69, 9.17) is 4.74 Å². The molecule has 160 valence electrons.